The molecule has 5 nitrogen and oxygen atoms in total. The number of methoxy groups -OCH3 is 1. The molecule has 27 heavy (non-hydrogen) atoms. The lowest BCUT2D eigenvalue weighted by Crippen LogP contribution is -2.42. The SMILES string of the molecule is COC(=O)c1c(-c2ccc(F)cc2)csc1NC(=O)CN1CCCCC1C. The van der Waals surface area contributed by atoms with Crippen molar-refractivity contribution in [3.63, 3.8) is 0 Å². The Balaban J connectivity index is 1.81. The van der Waals surface area contributed by atoms with E-state index in [9.17, 15) is 14.0 Å². The van der Waals surface area contributed by atoms with Crippen LogP contribution in [-0.2, 0) is 9.53 Å². The normalized spacial score (nSPS) is 17.5. The molecule has 1 saturated heterocycles. The number of likely N-dealkylation sites (tertiary alicyclic amines) is 1. The number of hydrogen-bond donors (Lipinski definition) is 1. The summed E-state index contributed by atoms with van der Waals surface area (Å²) in [6.07, 6.45) is 3.38. The molecule has 0 bridgehead atoms. The number of hydrogen-bond acceptors (Lipinski definition) is 5. The molecule has 1 N–H and O–H groups in total. The Bertz CT molecular complexity index is 819. The zero-order valence-electron chi connectivity index (χ0n) is 15.5. The summed E-state index contributed by atoms with van der Waals surface area (Å²) in [6, 6.07) is 6.26. The summed E-state index contributed by atoms with van der Waals surface area (Å²) >= 11 is 1.27. The van der Waals surface area contributed by atoms with E-state index in [0.29, 0.717) is 34.3 Å². The molecule has 0 aliphatic carbocycles. The number of thiophene rings is 1. The largest absolute Gasteiger partial charge is 0.465 e. The van der Waals surface area contributed by atoms with Gasteiger partial charge in [0.2, 0.25) is 5.91 Å². The van der Waals surface area contributed by atoms with Gasteiger partial charge in [-0.05, 0) is 44.0 Å². The summed E-state index contributed by atoms with van der Waals surface area (Å²) < 4.78 is 18.1. The lowest BCUT2D eigenvalue weighted by atomic mass is 10.0. The second-order valence-electron chi connectivity index (χ2n) is 6.72. The maximum absolute atomic E-state index is 13.2. The third-order valence-electron chi connectivity index (χ3n) is 4.88. The number of carbonyl (C=O) groups excluding carboxylic acids is 2. The van der Waals surface area contributed by atoms with E-state index in [1.54, 1.807) is 17.5 Å². The van der Waals surface area contributed by atoms with E-state index in [2.05, 4.69) is 17.1 Å². The zero-order chi connectivity index (χ0) is 19.4. The Morgan fingerprint density at radius 3 is 2.70 bits per heavy atom. The third-order valence-corrected chi connectivity index (χ3v) is 5.77. The van der Waals surface area contributed by atoms with Crippen LogP contribution in [0.1, 0.15) is 36.5 Å². The molecule has 3 rings (SSSR count). The van der Waals surface area contributed by atoms with Crippen molar-refractivity contribution in [2.75, 3.05) is 25.5 Å². The average Bonchev–Trinajstić information content (AvgIpc) is 3.07. The lowest BCUT2D eigenvalue weighted by molar-refractivity contribution is -0.118. The number of nitrogens with one attached hydrogen (secondary N) is 1. The van der Waals surface area contributed by atoms with Crippen LogP contribution in [0.15, 0.2) is 29.6 Å². The summed E-state index contributed by atoms with van der Waals surface area (Å²) in [5.74, 6) is -1.03. The number of benzene rings is 1. The number of anilines is 1. The first-order valence-corrected chi connectivity index (χ1v) is 9.87. The van der Waals surface area contributed by atoms with Crippen LogP contribution in [0.5, 0.6) is 0 Å². The van der Waals surface area contributed by atoms with E-state index in [0.717, 1.165) is 19.4 Å². The molecule has 144 valence electrons. The van der Waals surface area contributed by atoms with Gasteiger partial charge in [0, 0.05) is 17.0 Å². The van der Waals surface area contributed by atoms with Gasteiger partial charge in [-0.1, -0.05) is 18.6 Å². The summed E-state index contributed by atoms with van der Waals surface area (Å²) in [7, 11) is 1.30. The molecule has 2 aromatic rings. The smallest absolute Gasteiger partial charge is 0.341 e. The summed E-state index contributed by atoms with van der Waals surface area (Å²) in [6.45, 7) is 3.33. The lowest BCUT2D eigenvalue weighted by Gasteiger charge is -2.32. The van der Waals surface area contributed by atoms with Crippen molar-refractivity contribution in [3.05, 3.63) is 41.0 Å². The summed E-state index contributed by atoms with van der Waals surface area (Å²) in [5.41, 5.74) is 1.61. The molecular formula is C20H23FN2O3S. The van der Waals surface area contributed by atoms with Gasteiger partial charge in [0.1, 0.15) is 16.4 Å². The van der Waals surface area contributed by atoms with Gasteiger partial charge in [0.15, 0.2) is 0 Å². The van der Waals surface area contributed by atoms with Crippen molar-refractivity contribution in [2.24, 2.45) is 0 Å². The highest BCUT2D eigenvalue weighted by Crippen LogP contribution is 2.36. The number of amides is 1. The van der Waals surface area contributed by atoms with Crippen molar-refractivity contribution < 1.29 is 18.7 Å². The second-order valence-corrected chi connectivity index (χ2v) is 7.60. The van der Waals surface area contributed by atoms with Crippen LogP contribution in [-0.4, -0.2) is 43.0 Å². The second kappa shape index (κ2) is 8.63. The van der Waals surface area contributed by atoms with Crippen LogP contribution in [0, 0.1) is 5.82 Å². The Kier molecular flexibility index (Phi) is 6.23. The maximum atomic E-state index is 13.2. The number of halogens is 1. The highest BCUT2D eigenvalue weighted by molar-refractivity contribution is 7.15. The molecule has 0 spiro atoms. The van der Waals surface area contributed by atoms with Crippen LogP contribution in [0.4, 0.5) is 9.39 Å². The average molecular weight is 390 g/mol. The molecule has 1 unspecified atom stereocenters. The predicted octanol–water partition coefficient (Wildman–Crippen LogP) is 4.15. The van der Waals surface area contributed by atoms with Gasteiger partial charge in [0.25, 0.3) is 0 Å². The Labute approximate surface area is 162 Å². The number of ether oxygens (including phenoxy) is 1. The van der Waals surface area contributed by atoms with Crippen molar-refractivity contribution in [2.45, 2.75) is 32.2 Å². The van der Waals surface area contributed by atoms with E-state index in [1.165, 1.54) is 37.0 Å². The van der Waals surface area contributed by atoms with E-state index >= 15 is 0 Å². The maximum Gasteiger partial charge on any atom is 0.341 e. The predicted molar refractivity (Wildman–Crippen MR) is 105 cm³/mol. The number of carbonyl (C=O) groups is 2. The van der Waals surface area contributed by atoms with Crippen molar-refractivity contribution >= 4 is 28.2 Å². The number of piperidine rings is 1. The standard InChI is InChI=1S/C20H23FN2O3S/c1-13-5-3-4-10-23(13)11-17(24)22-19-18(20(25)26-2)16(12-27-19)14-6-8-15(21)9-7-14/h6-9,12-13H,3-5,10-11H2,1-2H3,(H,22,24). The monoisotopic (exact) mass is 390 g/mol. The van der Waals surface area contributed by atoms with Gasteiger partial charge < -0.3 is 10.1 Å². The van der Waals surface area contributed by atoms with Crippen molar-refractivity contribution in [1.29, 1.82) is 0 Å². The van der Waals surface area contributed by atoms with Crippen LogP contribution in [0.25, 0.3) is 11.1 Å². The Hall–Kier alpha value is -2.25. The molecule has 1 aliphatic rings. The molecule has 2 heterocycles. The first-order valence-electron chi connectivity index (χ1n) is 8.99. The number of rotatable bonds is 5. The number of nitrogens with zero attached hydrogens (tertiary/aromatic N) is 1. The quantitative estimate of drug-likeness (QED) is 0.779. The van der Waals surface area contributed by atoms with Crippen LogP contribution < -0.4 is 5.32 Å². The Morgan fingerprint density at radius 1 is 1.30 bits per heavy atom. The van der Waals surface area contributed by atoms with Gasteiger partial charge in [0.05, 0.1) is 13.7 Å². The van der Waals surface area contributed by atoms with Crippen LogP contribution in [0.2, 0.25) is 0 Å². The van der Waals surface area contributed by atoms with Crippen LogP contribution in [0.3, 0.4) is 0 Å². The molecule has 1 amide bonds. The Morgan fingerprint density at radius 2 is 2.04 bits per heavy atom. The molecule has 7 heteroatoms. The molecule has 1 fully saturated rings. The van der Waals surface area contributed by atoms with Gasteiger partial charge in [-0.2, -0.15) is 0 Å². The fourth-order valence-corrected chi connectivity index (χ4v) is 4.31. The minimum Gasteiger partial charge on any atom is -0.465 e. The molecule has 0 radical (unpaired) electrons. The third kappa shape index (κ3) is 4.54. The zero-order valence-corrected chi connectivity index (χ0v) is 16.3. The highest BCUT2D eigenvalue weighted by Gasteiger charge is 2.24. The highest BCUT2D eigenvalue weighted by atomic mass is 32.1. The summed E-state index contributed by atoms with van der Waals surface area (Å²) in [4.78, 5) is 27.0. The minimum atomic E-state index is -0.530. The molecule has 1 aromatic heterocycles. The van der Waals surface area contributed by atoms with Crippen LogP contribution >= 0.6 is 11.3 Å². The topological polar surface area (TPSA) is 58.6 Å². The van der Waals surface area contributed by atoms with Gasteiger partial charge in [-0.25, -0.2) is 9.18 Å². The first-order chi connectivity index (χ1) is 13.0. The molecule has 1 atom stereocenters. The molecule has 0 saturated carbocycles. The van der Waals surface area contributed by atoms with Crippen molar-refractivity contribution in [1.82, 2.24) is 4.90 Å². The fourth-order valence-electron chi connectivity index (χ4n) is 3.34. The fraction of sp³-hybridized carbons (Fsp3) is 0.400. The molecule has 1 aromatic carbocycles. The van der Waals surface area contributed by atoms with Gasteiger partial charge in [-0.15, -0.1) is 11.3 Å². The van der Waals surface area contributed by atoms with E-state index in [4.69, 9.17) is 4.74 Å². The van der Waals surface area contributed by atoms with E-state index in [1.807, 2.05) is 0 Å². The van der Waals surface area contributed by atoms with Crippen molar-refractivity contribution in [3.8, 4) is 11.1 Å². The molecule has 1 aliphatic heterocycles. The summed E-state index contributed by atoms with van der Waals surface area (Å²) in [5, 5.41) is 5.09. The van der Waals surface area contributed by atoms with Gasteiger partial charge in [-0.3, -0.25) is 9.69 Å². The molecular weight excluding hydrogens is 367 g/mol. The van der Waals surface area contributed by atoms with E-state index < -0.39 is 5.97 Å². The van der Waals surface area contributed by atoms with E-state index in [-0.39, 0.29) is 11.7 Å². The van der Waals surface area contributed by atoms with Gasteiger partial charge >= 0.3 is 5.97 Å². The number of esters is 1. The first kappa shape index (κ1) is 19.5. The minimum absolute atomic E-state index is 0.151.